The molecule has 0 spiro atoms. The van der Waals surface area contributed by atoms with Crippen molar-refractivity contribution in [1.82, 2.24) is 0 Å². The molecular formula is C8H9Cl3OTe. The van der Waals surface area contributed by atoms with Crippen LogP contribution in [-0.2, 0) is 0 Å². The fourth-order valence-electron chi connectivity index (χ4n) is 1.05. The maximum absolute atomic E-state index is 9.49. The molecule has 0 atom stereocenters. The third-order valence-electron chi connectivity index (χ3n) is 1.73. The van der Waals surface area contributed by atoms with Gasteiger partial charge in [-0.2, -0.15) is 0 Å². The van der Waals surface area contributed by atoms with Crippen LogP contribution in [0.1, 0.15) is 11.1 Å². The summed E-state index contributed by atoms with van der Waals surface area (Å²) in [6, 6.07) is 3.49. The van der Waals surface area contributed by atoms with Crippen LogP contribution in [0, 0.1) is 13.8 Å². The molecule has 0 saturated heterocycles. The van der Waals surface area contributed by atoms with E-state index < -0.39 is 14.8 Å². The molecule has 0 heterocycles. The van der Waals surface area contributed by atoms with E-state index in [-0.39, 0.29) is 5.75 Å². The molecule has 0 aromatic heterocycles. The zero-order valence-corrected chi connectivity index (χ0v) is 11.7. The summed E-state index contributed by atoms with van der Waals surface area (Å²) < 4.78 is 0.764. The Hall–Kier alpha value is 0.680. The van der Waals surface area contributed by atoms with E-state index in [1.54, 1.807) is 26.0 Å². The Labute approximate surface area is 92.6 Å². The van der Waals surface area contributed by atoms with E-state index in [1.807, 2.05) is 0 Å². The summed E-state index contributed by atoms with van der Waals surface area (Å²) in [5.41, 5.74) is 1.51. The van der Waals surface area contributed by atoms with E-state index in [4.69, 9.17) is 26.9 Å². The number of halogens is 3. The Kier molecular flexibility index (Phi) is 3.66. The molecule has 1 N–H and O–H groups in total. The van der Waals surface area contributed by atoms with Gasteiger partial charge in [0.1, 0.15) is 0 Å². The molecule has 1 aromatic carbocycles. The summed E-state index contributed by atoms with van der Waals surface area (Å²) in [5.74, 6) is 0.279. The molecule has 0 fully saturated rings. The van der Waals surface area contributed by atoms with Gasteiger partial charge in [0.05, 0.1) is 0 Å². The number of aryl methyl sites for hydroxylation is 2. The van der Waals surface area contributed by atoms with Gasteiger partial charge in [-0.05, 0) is 0 Å². The van der Waals surface area contributed by atoms with E-state index in [9.17, 15) is 5.11 Å². The summed E-state index contributed by atoms with van der Waals surface area (Å²) in [7, 11) is 17.7. The van der Waals surface area contributed by atoms with Crippen molar-refractivity contribution in [2.24, 2.45) is 0 Å². The van der Waals surface area contributed by atoms with Gasteiger partial charge < -0.3 is 0 Å². The van der Waals surface area contributed by atoms with E-state index in [0.29, 0.717) is 0 Å². The monoisotopic (exact) mass is 356 g/mol. The van der Waals surface area contributed by atoms with Gasteiger partial charge in [0, 0.05) is 0 Å². The molecule has 74 valence electrons. The average molecular weight is 355 g/mol. The molecule has 5 heteroatoms. The van der Waals surface area contributed by atoms with Crippen molar-refractivity contribution >= 4 is 45.3 Å². The van der Waals surface area contributed by atoms with Crippen molar-refractivity contribution in [3.05, 3.63) is 23.3 Å². The van der Waals surface area contributed by atoms with E-state index in [0.717, 1.165) is 14.7 Å². The second-order valence-electron chi connectivity index (χ2n) is 2.81. The molecule has 13 heavy (non-hydrogen) atoms. The van der Waals surface area contributed by atoms with Crippen LogP contribution in [0.3, 0.4) is 0 Å². The van der Waals surface area contributed by atoms with Crippen LogP contribution in [-0.4, -0.2) is 19.9 Å². The first-order valence-electron chi connectivity index (χ1n) is 3.55. The van der Waals surface area contributed by atoms with E-state index in [1.165, 1.54) is 0 Å². The van der Waals surface area contributed by atoms with Crippen molar-refractivity contribution in [1.29, 1.82) is 0 Å². The zero-order chi connectivity index (χ0) is 10.2. The molecule has 0 aliphatic rings. The van der Waals surface area contributed by atoms with Crippen LogP contribution in [0.2, 0.25) is 0 Å². The third-order valence-corrected chi connectivity index (χ3v) is 7.52. The SMILES string of the molecule is Cc1cc([Te](Cl)(Cl)Cl)cc(C)c1O. The van der Waals surface area contributed by atoms with Gasteiger partial charge >= 0.3 is 93.3 Å². The van der Waals surface area contributed by atoms with Gasteiger partial charge in [-0.3, -0.25) is 0 Å². The summed E-state index contributed by atoms with van der Waals surface area (Å²) in [6.45, 7) is 3.59. The normalized spacial score (nSPS) is 13.0. The van der Waals surface area contributed by atoms with E-state index >= 15 is 0 Å². The molecule has 0 saturated carbocycles. The number of hydrogen-bond donors (Lipinski definition) is 1. The minimum absolute atomic E-state index is 0.279. The standard InChI is InChI=1S/C8H9Cl3OTe/c1-5-3-7(13(9,10)11)4-6(2)8(5)12/h3-4,12H,1-2H3. The summed E-state index contributed by atoms with van der Waals surface area (Å²) in [5, 5.41) is 9.49. The van der Waals surface area contributed by atoms with Crippen LogP contribution in [0.5, 0.6) is 5.75 Å². The topological polar surface area (TPSA) is 20.2 Å². The zero-order valence-electron chi connectivity index (χ0n) is 7.14. The van der Waals surface area contributed by atoms with Crippen LogP contribution < -0.4 is 3.61 Å². The van der Waals surface area contributed by atoms with Gasteiger partial charge in [0.25, 0.3) is 0 Å². The second kappa shape index (κ2) is 4.04. The third kappa shape index (κ3) is 2.81. The molecule has 0 unspecified atom stereocenters. The van der Waals surface area contributed by atoms with Crippen LogP contribution in [0.15, 0.2) is 12.1 Å². The van der Waals surface area contributed by atoms with Crippen LogP contribution >= 0.6 is 26.9 Å². The fraction of sp³-hybridized carbons (Fsp3) is 0.250. The summed E-state index contributed by atoms with van der Waals surface area (Å²) in [6.07, 6.45) is 0. The Morgan fingerprint density at radius 1 is 1.08 bits per heavy atom. The molecule has 1 rings (SSSR count). The molecule has 0 aliphatic carbocycles. The van der Waals surface area contributed by atoms with Crippen LogP contribution in [0.25, 0.3) is 0 Å². The number of phenolic OH excluding ortho intramolecular Hbond substituents is 1. The number of rotatable bonds is 1. The molecule has 1 nitrogen and oxygen atoms in total. The molecule has 0 radical (unpaired) electrons. The van der Waals surface area contributed by atoms with Crippen molar-refractivity contribution < 1.29 is 5.11 Å². The predicted octanol–water partition coefficient (Wildman–Crippen LogP) is 2.87. The van der Waals surface area contributed by atoms with Gasteiger partial charge in [-0.25, -0.2) is 0 Å². The Morgan fingerprint density at radius 3 is 1.77 bits per heavy atom. The van der Waals surface area contributed by atoms with Gasteiger partial charge in [0.15, 0.2) is 0 Å². The van der Waals surface area contributed by atoms with Crippen molar-refractivity contribution in [2.75, 3.05) is 0 Å². The number of phenols is 1. The quantitative estimate of drug-likeness (QED) is 0.769. The first kappa shape index (κ1) is 11.8. The molecule has 0 amide bonds. The Bertz CT molecular complexity index is 310. The number of benzene rings is 1. The van der Waals surface area contributed by atoms with Gasteiger partial charge in [-0.1, -0.05) is 0 Å². The van der Waals surface area contributed by atoms with Crippen LogP contribution in [0.4, 0.5) is 0 Å². The first-order valence-corrected chi connectivity index (χ1v) is 13.6. The van der Waals surface area contributed by atoms with Gasteiger partial charge in [0.2, 0.25) is 0 Å². The fourth-order valence-corrected chi connectivity index (χ4v) is 4.61. The second-order valence-corrected chi connectivity index (χ2v) is 19.0. The van der Waals surface area contributed by atoms with Crippen molar-refractivity contribution in [3.63, 3.8) is 0 Å². The molecule has 0 bridgehead atoms. The van der Waals surface area contributed by atoms with E-state index in [2.05, 4.69) is 0 Å². The summed E-state index contributed by atoms with van der Waals surface area (Å²) >= 11 is -3.32. The Balaban J connectivity index is 3.29. The first-order chi connectivity index (χ1) is 5.82. The predicted molar refractivity (Wildman–Crippen MR) is 60.5 cm³/mol. The maximum atomic E-state index is 9.49. The Morgan fingerprint density at radius 2 is 1.46 bits per heavy atom. The van der Waals surface area contributed by atoms with Crippen molar-refractivity contribution in [3.8, 4) is 5.75 Å². The van der Waals surface area contributed by atoms with Crippen molar-refractivity contribution in [2.45, 2.75) is 13.8 Å². The van der Waals surface area contributed by atoms with Gasteiger partial charge in [-0.15, -0.1) is 0 Å². The molecular weight excluding hydrogens is 346 g/mol. The molecule has 1 aromatic rings. The minimum atomic E-state index is -3.32. The number of hydrogen-bond acceptors (Lipinski definition) is 1. The summed E-state index contributed by atoms with van der Waals surface area (Å²) in [4.78, 5) is 0. The average Bonchev–Trinajstić information content (AvgIpc) is 1.97. The molecule has 0 aliphatic heterocycles. The number of aromatic hydroxyl groups is 1.